The molecule has 9 heteroatoms. The molecule has 0 saturated heterocycles. The molecular weight excluding hydrogens is 379 g/mol. The summed E-state index contributed by atoms with van der Waals surface area (Å²) in [4.78, 5) is 27.5. The van der Waals surface area contributed by atoms with Crippen LogP contribution in [0.5, 0.6) is 5.75 Å². The van der Waals surface area contributed by atoms with E-state index < -0.39 is 22.6 Å². The number of ether oxygens (including phenoxy) is 1. The van der Waals surface area contributed by atoms with Crippen LogP contribution in [0.3, 0.4) is 0 Å². The molecule has 3 aromatic rings. The fraction of sp³-hybridized carbons (Fsp3) is 0.200. The van der Waals surface area contributed by atoms with Gasteiger partial charge in [0.05, 0.1) is 12.0 Å². The van der Waals surface area contributed by atoms with Gasteiger partial charge in [0.25, 0.3) is 5.69 Å². The van der Waals surface area contributed by atoms with Crippen molar-refractivity contribution in [3.8, 4) is 5.75 Å². The highest BCUT2D eigenvalue weighted by atomic mass is 19.1. The topological polar surface area (TPSA) is 99.3 Å². The van der Waals surface area contributed by atoms with Crippen molar-refractivity contribution in [1.29, 1.82) is 0 Å². The molecule has 0 aliphatic heterocycles. The SMILES string of the molecule is COc1ccc(C(C)Nc2ccc(C(=O)c3nccn3C)cc2[N+](=O)[O-])cc1F. The first-order valence-electron chi connectivity index (χ1n) is 8.72. The molecule has 0 saturated carbocycles. The van der Waals surface area contributed by atoms with Crippen LogP contribution in [-0.4, -0.2) is 27.4 Å². The number of nitro benzene ring substituents is 1. The average molecular weight is 398 g/mol. The molecule has 1 aromatic heterocycles. The summed E-state index contributed by atoms with van der Waals surface area (Å²) < 4.78 is 20.4. The first-order chi connectivity index (χ1) is 13.8. The Hall–Kier alpha value is -3.75. The van der Waals surface area contributed by atoms with Gasteiger partial charge in [0.1, 0.15) is 5.69 Å². The summed E-state index contributed by atoms with van der Waals surface area (Å²) in [6.45, 7) is 1.75. The summed E-state index contributed by atoms with van der Waals surface area (Å²) in [6.07, 6.45) is 3.10. The highest BCUT2D eigenvalue weighted by molar-refractivity contribution is 6.07. The number of carbonyl (C=O) groups excluding carboxylic acids is 1. The van der Waals surface area contributed by atoms with Gasteiger partial charge < -0.3 is 14.6 Å². The molecule has 0 spiro atoms. The Balaban J connectivity index is 1.89. The van der Waals surface area contributed by atoms with E-state index in [0.29, 0.717) is 5.56 Å². The Labute approximate surface area is 166 Å². The van der Waals surface area contributed by atoms with E-state index in [2.05, 4.69) is 10.3 Å². The average Bonchev–Trinajstić information content (AvgIpc) is 3.13. The molecule has 0 aliphatic carbocycles. The van der Waals surface area contributed by atoms with Crippen molar-refractivity contribution < 1.29 is 18.8 Å². The van der Waals surface area contributed by atoms with Crippen LogP contribution in [0.15, 0.2) is 48.8 Å². The van der Waals surface area contributed by atoms with Gasteiger partial charge in [0.15, 0.2) is 17.4 Å². The number of rotatable bonds is 7. The third kappa shape index (κ3) is 4.08. The number of halogens is 1. The number of aryl methyl sites for hydroxylation is 1. The first kappa shape index (κ1) is 20.0. The lowest BCUT2D eigenvalue weighted by Gasteiger charge is -2.17. The predicted molar refractivity (Wildman–Crippen MR) is 105 cm³/mol. The number of ketones is 1. The maximum Gasteiger partial charge on any atom is 0.293 e. The van der Waals surface area contributed by atoms with Crippen molar-refractivity contribution in [3.05, 3.63) is 81.7 Å². The van der Waals surface area contributed by atoms with Crippen LogP contribution in [-0.2, 0) is 7.05 Å². The Bertz CT molecular complexity index is 1080. The van der Waals surface area contributed by atoms with Crippen molar-refractivity contribution >= 4 is 17.2 Å². The predicted octanol–water partition coefficient (Wildman–Crippen LogP) is 3.88. The Kier molecular flexibility index (Phi) is 5.58. The number of benzene rings is 2. The monoisotopic (exact) mass is 398 g/mol. The standard InChI is InChI=1S/C20H19FN4O4/c1-12(13-5-7-18(29-3)15(21)10-13)23-16-6-4-14(11-17(16)25(27)28)19(26)20-22-8-9-24(20)2/h4-12,23H,1-3H3. The molecule has 1 atom stereocenters. The minimum Gasteiger partial charge on any atom is -0.494 e. The van der Waals surface area contributed by atoms with Gasteiger partial charge in [-0.1, -0.05) is 6.07 Å². The normalized spacial score (nSPS) is 11.7. The summed E-state index contributed by atoms with van der Waals surface area (Å²) in [5, 5.41) is 14.6. The number of anilines is 1. The summed E-state index contributed by atoms with van der Waals surface area (Å²) in [6, 6.07) is 8.21. The van der Waals surface area contributed by atoms with Crippen LogP contribution in [0.25, 0.3) is 0 Å². The van der Waals surface area contributed by atoms with Crippen molar-refractivity contribution in [1.82, 2.24) is 9.55 Å². The van der Waals surface area contributed by atoms with Gasteiger partial charge in [-0.05, 0) is 36.8 Å². The van der Waals surface area contributed by atoms with E-state index in [9.17, 15) is 19.3 Å². The van der Waals surface area contributed by atoms with Crippen LogP contribution in [0.2, 0.25) is 0 Å². The van der Waals surface area contributed by atoms with E-state index in [1.165, 1.54) is 43.6 Å². The van der Waals surface area contributed by atoms with Crippen LogP contribution < -0.4 is 10.1 Å². The van der Waals surface area contributed by atoms with Crippen LogP contribution in [0.4, 0.5) is 15.8 Å². The molecule has 1 unspecified atom stereocenters. The summed E-state index contributed by atoms with van der Waals surface area (Å²) in [5.74, 6) is -0.646. The van der Waals surface area contributed by atoms with Crippen molar-refractivity contribution in [2.45, 2.75) is 13.0 Å². The highest BCUT2D eigenvalue weighted by Gasteiger charge is 2.22. The number of aromatic nitrogens is 2. The number of hydrogen-bond donors (Lipinski definition) is 1. The van der Waals surface area contributed by atoms with Gasteiger partial charge in [0.2, 0.25) is 5.78 Å². The molecule has 3 rings (SSSR count). The summed E-state index contributed by atoms with van der Waals surface area (Å²) in [5.41, 5.74) is 0.700. The van der Waals surface area contributed by atoms with Crippen LogP contribution in [0.1, 0.15) is 34.7 Å². The van der Waals surface area contributed by atoms with E-state index in [1.807, 2.05) is 0 Å². The minimum absolute atomic E-state index is 0.115. The number of nitrogens with zero attached hydrogens (tertiary/aromatic N) is 3. The lowest BCUT2D eigenvalue weighted by molar-refractivity contribution is -0.384. The van der Waals surface area contributed by atoms with E-state index in [1.54, 1.807) is 30.8 Å². The molecule has 0 aliphatic rings. The fourth-order valence-corrected chi connectivity index (χ4v) is 2.93. The quantitative estimate of drug-likeness (QED) is 0.368. The van der Waals surface area contributed by atoms with Gasteiger partial charge >= 0.3 is 0 Å². The number of carbonyl (C=O) groups is 1. The second kappa shape index (κ2) is 8.09. The number of nitro groups is 1. The molecule has 0 fully saturated rings. The van der Waals surface area contributed by atoms with E-state index >= 15 is 0 Å². The second-order valence-corrected chi connectivity index (χ2v) is 6.44. The molecule has 8 nitrogen and oxygen atoms in total. The molecule has 150 valence electrons. The Morgan fingerprint density at radius 2 is 2.07 bits per heavy atom. The van der Waals surface area contributed by atoms with Crippen molar-refractivity contribution in [3.63, 3.8) is 0 Å². The molecule has 29 heavy (non-hydrogen) atoms. The van der Waals surface area contributed by atoms with Crippen molar-refractivity contribution in [2.75, 3.05) is 12.4 Å². The van der Waals surface area contributed by atoms with Crippen LogP contribution >= 0.6 is 0 Å². The smallest absolute Gasteiger partial charge is 0.293 e. The van der Waals surface area contributed by atoms with Gasteiger partial charge in [-0.15, -0.1) is 0 Å². The van der Waals surface area contributed by atoms with E-state index in [4.69, 9.17) is 4.74 Å². The fourth-order valence-electron chi connectivity index (χ4n) is 2.93. The maximum atomic E-state index is 14.0. The van der Waals surface area contributed by atoms with Gasteiger partial charge in [-0.2, -0.15) is 0 Å². The second-order valence-electron chi connectivity index (χ2n) is 6.44. The van der Waals surface area contributed by atoms with Gasteiger partial charge in [-0.3, -0.25) is 14.9 Å². The zero-order chi connectivity index (χ0) is 21.1. The molecule has 2 aromatic carbocycles. The van der Waals surface area contributed by atoms with Gasteiger partial charge in [-0.25, -0.2) is 9.37 Å². The first-order valence-corrected chi connectivity index (χ1v) is 8.72. The third-order valence-electron chi connectivity index (χ3n) is 4.53. The molecule has 1 heterocycles. The third-order valence-corrected chi connectivity index (χ3v) is 4.53. The number of methoxy groups -OCH3 is 1. The zero-order valence-corrected chi connectivity index (χ0v) is 16.0. The number of hydrogen-bond acceptors (Lipinski definition) is 6. The lowest BCUT2D eigenvalue weighted by atomic mass is 10.1. The lowest BCUT2D eigenvalue weighted by Crippen LogP contribution is -2.11. The summed E-state index contributed by atoms with van der Waals surface area (Å²) >= 11 is 0. The van der Waals surface area contributed by atoms with E-state index in [-0.39, 0.29) is 28.5 Å². The molecule has 0 amide bonds. The summed E-state index contributed by atoms with van der Waals surface area (Å²) in [7, 11) is 3.04. The minimum atomic E-state index is -0.571. The number of imidazole rings is 1. The molecule has 0 radical (unpaired) electrons. The molecule has 0 bridgehead atoms. The number of nitrogens with one attached hydrogen (secondary N) is 1. The Morgan fingerprint density at radius 3 is 2.66 bits per heavy atom. The van der Waals surface area contributed by atoms with Gasteiger partial charge in [0, 0.05) is 37.1 Å². The van der Waals surface area contributed by atoms with E-state index in [0.717, 1.165) is 0 Å². The van der Waals surface area contributed by atoms with Crippen LogP contribution in [0, 0.1) is 15.9 Å². The molecule has 1 N–H and O–H groups in total. The Morgan fingerprint density at radius 1 is 1.31 bits per heavy atom. The molecular formula is C20H19FN4O4. The largest absolute Gasteiger partial charge is 0.494 e. The van der Waals surface area contributed by atoms with Crippen molar-refractivity contribution in [2.24, 2.45) is 7.05 Å². The maximum absolute atomic E-state index is 14.0. The zero-order valence-electron chi connectivity index (χ0n) is 16.0. The highest BCUT2D eigenvalue weighted by Crippen LogP contribution is 2.31.